The van der Waals surface area contributed by atoms with Gasteiger partial charge in [0.25, 0.3) is 0 Å². The zero-order chi connectivity index (χ0) is 16.6. The highest BCUT2D eigenvalue weighted by atomic mass is 32.3. The zero-order valence-electron chi connectivity index (χ0n) is 14.3. The highest BCUT2D eigenvalue weighted by Crippen LogP contribution is 2.07. The molecule has 0 amide bonds. The molecule has 0 fully saturated rings. The molecule has 0 aliphatic heterocycles. The second kappa shape index (κ2) is 16.2. The molecule has 0 heterocycles. The van der Waals surface area contributed by atoms with Crippen molar-refractivity contribution in [2.75, 3.05) is 27.2 Å². The fourth-order valence-corrected chi connectivity index (χ4v) is 2.03. The molecule has 0 aromatic heterocycles. The van der Waals surface area contributed by atoms with E-state index in [0.29, 0.717) is 6.42 Å². The second-order valence-electron chi connectivity index (χ2n) is 5.53. The molecule has 0 radical (unpaired) electrons. The molecule has 0 saturated heterocycles. The number of rotatable bonds is 12. The minimum absolute atomic E-state index is 0.0899. The molecule has 0 aromatic carbocycles. The maximum absolute atomic E-state index is 10.1. The first-order valence-corrected chi connectivity index (χ1v) is 9.46. The van der Waals surface area contributed by atoms with E-state index in [1.54, 1.807) is 0 Å². The molecule has 5 nitrogen and oxygen atoms in total. The normalized spacial score (nSPS) is 11.3. The van der Waals surface area contributed by atoms with Crippen LogP contribution in [0.3, 0.4) is 0 Å². The van der Waals surface area contributed by atoms with Crippen molar-refractivity contribution in [3.05, 3.63) is 0 Å². The van der Waals surface area contributed by atoms with Crippen molar-refractivity contribution < 1.29 is 17.2 Å². The van der Waals surface area contributed by atoms with Crippen molar-refractivity contribution in [1.29, 1.82) is 0 Å². The van der Waals surface area contributed by atoms with Gasteiger partial charge in [-0.3, -0.25) is 4.55 Å². The molecule has 1 N–H and O–H groups in total. The van der Waals surface area contributed by atoms with Crippen LogP contribution in [0.15, 0.2) is 0 Å². The summed E-state index contributed by atoms with van der Waals surface area (Å²) in [6.07, 6.45) is 10.3. The Labute approximate surface area is 132 Å². The van der Waals surface area contributed by atoms with E-state index in [-0.39, 0.29) is 6.61 Å². The lowest BCUT2D eigenvalue weighted by Gasteiger charge is -2.05. The lowest BCUT2D eigenvalue weighted by Crippen LogP contribution is -2.12. The van der Waals surface area contributed by atoms with E-state index in [4.69, 9.17) is 4.55 Å². The molecule has 0 aliphatic rings. The third kappa shape index (κ3) is 28.7. The Morgan fingerprint density at radius 2 is 1.33 bits per heavy atom. The molecule has 0 rings (SSSR count). The average Bonchev–Trinajstić information content (AvgIpc) is 2.39. The van der Waals surface area contributed by atoms with Gasteiger partial charge in [0.1, 0.15) is 0 Å². The Hall–Kier alpha value is -0.170. The van der Waals surface area contributed by atoms with Gasteiger partial charge in [-0.25, -0.2) is 4.18 Å². The largest absolute Gasteiger partial charge is 0.397 e. The van der Waals surface area contributed by atoms with Gasteiger partial charge in [-0.15, -0.1) is 0 Å². The summed E-state index contributed by atoms with van der Waals surface area (Å²) in [4.78, 5) is 2.21. The molecule has 21 heavy (non-hydrogen) atoms. The summed E-state index contributed by atoms with van der Waals surface area (Å²) in [5, 5.41) is 0. The van der Waals surface area contributed by atoms with Crippen LogP contribution in [0, 0.1) is 0 Å². The fourth-order valence-electron chi connectivity index (χ4n) is 1.70. The maximum atomic E-state index is 10.1. The quantitative estimate of drug-likeness (QED) is 0.435. The zero-order valence-corrected chi connectivity index (χ0v) is 15.1. The van der Waals surface area contributed by atoms with Crippen molar-refractivity contribution in [2.24, 2.45) is 0 Å². The van der Waals surface area contributed by atoms with E-state index in [1.165, 1.54) is 45.1 Å². The van der Waals surface area contributed by atoms with Crippen LogP contribution in [-0.4, -0.2) is 45.1 Å². The van der Waals surface area contributed by atoms with Crippen LogP contribution in [0.4, 0.5) is 0 Å². The average molecular weight is 326 g/mol. The summed E-state index contributed by atoms with van der Waals surface area (Å²) >= 11 is 0. The van der Waals surface area contributed by atoms with Crippen LogP contribution >= 0.6 is 0 Å². The molecule has 0 unspecified atom stereocenters. The number of nitrogens with zero attached hydrogens (tertiary/aromatic N) is 1. The van der Waals surface area contributed by atoms with Gasteiger partial charge < -0.3 is 4.90 Å². The maximum Gasteiger partial charge on any atom is 0.397 e. The van der Waals surface area contributed by atoms with Crippen LogP contribution in [0.25, 0.3) is 0 Å². The lowest BCUT2D eigenvalue weighted by molar-refractivity contribution is 0.261. The monoisotopic (exact) mass is 325 g/mol. The summed E-state index contributed by atoms with van der Waals surface area (Å²) in [5.41, 5.74) is 0. The number of hydrogen-bond acceptors (Lipinski definition) is 4. The van der Waals surface area contributed by atoms with E-state index in [9.17, 15) is 8.42 Å². The first-order valence-electron chi connectivity index (χ1n) is 8.10. The van der Waals surface area contributed by atoms with Crippen molar-refractivity contribution in [3.63, 3.8) is 0 Å². The van der Waals surface area contributed by atoms with Crippen LogP contribution < -0.4 is 0 Å². The molecule has 0 atom stereocenters. The highest BCUT2D eigenvalue weighted by molar-refractivity contribution is 7.80. The van der Waals surface area contributed by atoms with E-state index in [1.807, 2.05) is 0 Å². The third-order valence-corrected chi connectivity index (χ3v) is 3.40. The van der Waals surface area contributed by atoms with Crippen LogP contribution in [0.5, 0.6) is 0 Å². The third-order valence-electron chi connectivity index (χ3n) is 2.94. The van der Waals surface area contributed by atoms with Gasteiger partial charge in [-0.1, -0.05) is 58.8 Å². The summed E-state index contributed by atoms with van der Waals surface area (Å²) < 4.78 is 32.7. The minimum Gasteiger partial charge on any atom is -0.309 e. The predicted molar refractivity (Wildman–Crippen MR) is 89.0 cm³/mol. The molecule has 0 saturated carbocycles. The predicted octanol–water partition coefficient (Wildman–Crippen LogP) is 3.90. The molecular weight excluding hydrogens is 290 g/mol. The molecule has 6 heteroatoms. The van der Waals surface area contributed by atoms with E-state index >= 15 is 0 Å². The van der Waals surface area contributed by atoms with Gasteiger partial charge >= 0.3 is 10.4 Å². The van der Waals surface area contributed by atoms with Crippen molar-refractivity contribution in [2.45, 2.75) is 71.6 Å². The standard InChI is InChI=1S/C9H20O4S.C6H15N/c1-2-3-4-5-6-7-8-9-13-14(10,11)12;1-4-5-6-7(2)3/h2-9H2,1H3,(H,10,11,12);4-6H2,1-3H3. The Balaban J connectivity index is 0. The number of unbranched alkanes of at least 4 members (excludes halogenated alkanes) is 7. The van der Waals surface area contributed by atoms with Crippen molar-refractivity contribution in [3.8, 4) is 0 Å². The summed E-state index contributed by atoms with van der Waals surface area (Å²) in [6, 6.07) is 0. The molecule has 0 spiro atoms. The lowest BCUT2D eigenvalue weighted by atomic mass is 10.1. The summed E-state index contributed by atoms with van der Waals surface area (Å²) in [5.74, 6) is 0. The van der Waals surface area contributed by atoms with Crippen LogP contribution in [0.1, 0.15) is 71.6 Å². The van der Waals surface area contributed by atoms with Crippen LogP contribution in [-0.2, 0) is 14.6 Å². The molecule has 130 valence electrons. The van der Waals surface area contributed by atoms with E-state index in [0.717, 1.165) is 12.8 Å². The minimum atomic E-state index is -4.23. The van der Waals surface area contributed by atoms with Crippen molar-refractivity contribution >= 4 is 10.4 Å². The summed E-state index contributed by atoms with van der Waals surface area (Å²) in [6.45, 7) is 5.70. The van der Waals surface area contributed by atoms with E-state index < -0.39 is 10.4 Å². The SMILES string of the molecule is CCCCCCCCCOS(=O)(=O)O.CCCCN(C)C. The number of hydrogen-bond donors (Lipinski definition) is 1. The Morgan fingerprint density at radius 1 is 0.857 bits per heavy atom. The molecular formula is C15H35NO4S. The molecule has 0 bridgehead atoms. The van der Waals surface area contributed by atoms with Gasteiger partial charge in [-0.2, -0.15) is 8.42 Å². The molecule has 0 aromatic rings. The van der Waals surface area contributed by atoms with Gasteiger partial charge in [-0.05, 0) is 33.5 Å². The first kappa shape index (κ1) is 23.1. The van der Waals surface area contributed by atoms with Gasteiger partial charge in [0, 0.05) is 0 Å². The topological polar surface area (TPSA) is 66.8 Å². The van der Waals surface area contributed by atoms with Crippen LogP contribution in [0.2, 0.25) is 0 Å². The smallest absolute Gasteiger partial charge is 0.309 e. The first-order chi connectivity index (χ1) is 9.83. The van der Waals surface area contributed by atoms with Crippen molar-refractivity contribution in [1.82, 2.24) is 4.90 Å². The van der Waals surface area contributed by atoms with E-state index in [2.05, 4.69) is 37.0 Å². The molecule has 0 aliphatic carbocycles. The Bertz CT molecular complexity index is 292. The Kier molecular flexibility index (Phi) is 17.8. The van der Waals surface area contributed by atoms with Gasteiger partial charge in [0.05, 0.1) is 6.61 Å². The summed E-state index contributed by atoms with van der Waals surface area (Å²) in [7, 11) is -0.0119. The van der Waals surface area contributed by atoms with Gasteiger partial charge in [0.15, 0.2) is 0 Å². The Morgan fingerprint density at radius 3 is 1.71 bits per heavy atom. The van der Waals surface area contributed by atoms with Gasteiger partial charge in [0.2, 0.25) is 0 Å². The fraction of sp³-hybridized carbons (Fsp3) is 1.00. The second-order valence-corrected chi connectivity index (χ2v) is 6.62. The highest BCUT2D eigenvalue weighted by Gasteiger charge is 2.02.